The maximum absolute atomic E-state index is 4.08. The molecule has 0 bridgehead atoms. The van der Waals surface area contributed by atoms with Crippen LogP contribution in [0.1, 0.15) is 12.8 Å². The molecule has 0 unspecified atom stereocenters. The van der Waals surface area contributed by atoms with Gasteiger partial charge in [-0.25, -0.2) is 9.97 Å². The maximum Gasteiger partial charge on any atom is 0.133 e. The van der Waals surface area contributed by atoms with Crippen LogP contribution in [-0.2, 0) is 0 Å². The van der Waals surface area contributed by atoms with Gasteiger partial charge in [0.25, 0.3) is 0 Å². The van der Waals surface area contributed by atoms with Crippen LogP contribution < -0.4 is 5.32 Å². The van der Waals surface area contributed by atoms with Gasteiger partial charge in [-0.3, -0.25) is 0 Å². The summed E-state index contributed by atoms with van der Waals surface area (Å²) in [6, 6.07) is 1.85. The fourth-order valence-electron chi connectivity index (χ4n) is 1.22. The lowest BCUT2D eigenvalue weighted by Crippen LogP contribution is -2.00. The minimum absolute atomic E-state index is 0.841. The van der Waals surface area contributed by atoms with Gasteiger partial charge in [0.15, 0.2) is 0 Å². The molecule has 0 fully saturated rings. The predicted octanol–water partition coefficient (Wildman–Crippen LogP) is 2.12. The number of hydrogen-bond donors (Lipinski definition) is 1. The molecule has 1 aliphatic carbocycles. The number of hydrogen-bond acceptors (Lipinski definition) is 3. The third-order valence-electron chi connectivity index (χ3n) is 1.85. The third kappa shape index (κ3) is 2.15. The first kappa shape index (κ1) is 7.98. The number of nitrogens with zero attached hydrogens (tertiary/aromatic N) is 2. The van der Waals surface area contributed by atoms with Crippen LogP contribution in [0, 0.1) is 0 Å². The smallest absolute Gasteiger partial charge is 0.133 e. The summed E-state index contributed by atoms with van der Waals surface area (Å²) in [5.74, 6) is 0.841. The highest BCUT2D eigenvalue weighted by Gasteiger charge is 1.97. The molecule has 1 heterocycles. The molecule has 13 heavy (non-hydrogen) atoms. The molecule has 2 rings (SSSR count). The zero-order valence-corrected chi connectivity index (χ0v) is 7.27. The highest BCUT2D eigenvalue weighted by atomic mass is 15.0. The highest BCUT2D eigenvalue weighted by Crippen LogP contribution is 2.11. The molecule has 1 aliphatic rings. The second-order valence-corrected chi connectivity index (χ2v) is 2.86. The summed E-state index contributed by atoms with van der Waals surface area (Å²) >= 11 is 0. The summed E-state index contributed by atoms with van der Waals surface area (Å²) in [5, 5.41) is 3.20. The number of anilines is 1. The van der Waals surface area contributed by atoms with E-state index >= 15 is 0 Å². The Bertz CT molecular complexity index is 327. The maximum atomic E-state index is 4.08. The number of allylic oxidation sites excluding steroid dienone is 3. The molecule has 1 N–H and O–H groups in total. The Morgan fingerprint density at radius 3 is 3.00 bits per heavy atom. The van der Waals surface area contributed by atoms with E-state index in [1.54, 1.807) is 6.20 Å². The van der Waals surface area contributed by atoms with Crippen molar-refractivity contribution in [2.45, 2.75) is 12.8 Å². The van der Waals surface area contributed by atoms with Gasteiger partial charge in [-0.2, -0.15) is 0 Å². The molecule has 0 aromatic carbocycles. The average molecular weight is 173 g/mol. The Kier molecular flexibility index (Phi) is 2.36. The van der Waals surface area contributed by atoms with E-state index < -0.39 is 0 Å². The topological polar surface area (TPSA) is 37.8 Å². The van der Waals surface area contributed by atoms with E-state index in [9.17, 15) is 0 Å². The molecule has 0 amide bonds. The molecule has 1 aromatic heterocycles. The van der Waals surface area contributed by atoms with Crippen LogP contribution in [0.25, 0.3) is 0 Å². The Hall–Kier alpha value is -1.64. The summed E-state index contributed by atoms with van der Waals surface area (Å²) < 4.78 is 0. The van der Waals surface area contributed by atoms with Crippen molar-refractivity contribution in [1.82, 2.24) is 9.97 Å². The zero-order chi connectivity index (χ0) is 8.93. The van der Waals surface area contributed by atoms with Crippen molar-refractivity contribution in [2.24, 2.45) is 0 Å². The summed E-state index contributed by atoms with van der Waals surface area (Å²) in [6.45, 7) is 0. The lowest BCUT2D eigenvalue weighted by molar-refractivity contribution is 1.01. The minimum atomic E-state index is 0.841. The van der Waals surface area contributed by atoms with Crippen molar-refractivity contribution in [2.75, 3.05) is 5.32 Å². The van der Waals surface area contributed by atoms with E-state index in [1.807, 2.05) is 6.07 Å². The van der Waals surface area contributed by atoms with Crippen molar-refractivity contribution < 1.29 is 0 Å². The molecule has 0 saturated heterocycles. The molecule has 3 nitrogen and oxygen atoms in total. The highest BCUT2D eigenvalue weighted by molar-refractivity contribution is 5.44. The van der Waals surface area contributed by atoms with Crippen molar-refractivity contribution in [1.29, 1.82) is 0 Å². The minimum Gasteiger partial charge on any atom is -0.340 e. The van der Waals surface area contributed by atoms with Gasteiger partial charge in [0.05, 0.1) is 0 Å². The number of nitrogens with one attached hydrogen (secondary N) is 1. The van der Waals surface area contributed by atoms with Gasteiger partial charge in [0.2, 0.25) is 0 Å². The zero-order valence-electron chi connectivity index (χ0n) is 7.27. The normalized spacial score (nSPS) is 15.2. The van der Waals surface area contributed by atoms with Crippen LogP contribution in [0.5, 0.6) is 0 Å². The van der Waals surface area contributed by atoms with Gasteiger partial charge >= 0.3 is 0 Å². The van der Waals surface area contributed by atoms with Crippen molar-refractivity contribution in [3.8, 4) is 0 Å². The van der Waals surface area contributed by atoms with Gasteiger partial charge in [0, 0.05) is 11.9 Å². The molecule has 0 spiro atoms. The lowest BCUT2D eigenvalue weighted by Gasteiger charge is -2.08. The Morgan fingerprint density at radius 1 is 1.31 bits per heavy atom. The summed E-state index contributed by atoms with van der Waals surface area (Å²) in [4.78, 5) is 7.93. The van der Waals surface area contributed by atoms with E-state index in [-0.39, 0.29) is 0 Å². The first-order valence-corrected chi connectivity index (χ1v) is 4.35. The van der Waals surface area contributed by atoms with Crippen LogP contribution in [0.15, 0.2) is 42.5 Å². The van der Waals surface area contributed by atoms with Gasteiger partial charge in [-0.15, -0.1) is 0 Å². The van der Waals surface area contributed by atoms with Gasteiger partial charge in [0.1, 0.15) is 12.1 Å². The molecule has 66 valence electrons. The van der Waals surface area contributed by atoms with Crippen molar-refractivity contribution in [3.05, 3.63) is 42.5 Å². The first-order chi connectivity index (χ1) is 6.45. The number of rotatable bonds is 2. The number of aromatic nitrogens is 2. The predicted molar refractivity (Wildman–Crippen MR) is 52.1 cm³/mol. The molecule has 0 aliphatic heterocycles. The van der Waals surface area contributed by atoms with Crippen molar-refractivity contribution in [3.63, 3.8) is 0 Å². The van der Waals surface area contributed by atoms with Crippen LogP contribution in [0.3, 0.4) is 0 Å². The molecule has 3 heteroatoms. The SMILES string of the molecule is C1=CC(Nc2ccncn2)=CCC1. The first-order valence-electron chi connectivity index (χ1n) is 4.35. The summed E-state index contributed by atoms with van der Waals surface area (Å²) in [7, 11) is 0. The Balaban J connectivity index is 2.06. The largest absolute Gasteiger partial charge is 0.340 e. The second kappa shape index (κ2) is 3.85. The monoisotopic (exact) mass is 173 g/mol. The summed E-state index contributed by atoms with van der Waals surface area (Å²) in [6.07, 6.45) is 11.9. The van der Waals surface area contributed by atoms with E-state index in [0.717, 1.165) is 24.4 Å². The lowest BCUT2D eigenvalue weighted by atomic mass is 10.1. The average Bonchev–Trinajstić information content (AvgIpc) is 2.21. The Morgan fingerprint density at radius 2 is 2.31 bits per heavy atom. The van der Waals surface area contributed by atoms with Crippen LogP contribution >= 0.6 is 0 Å². The summed E-state index contributed by atoms with van der Waals surface area (Å²) in [5.41, 5.74) is 1.12. The Labute approximate surface area is 77.2 Å². The van der Waals surface area contributed by atoms with E-state index in [0.29, 0.717) is 0 Å². The van der Waals surface area contributed by atoms with Crippen molar-refractivity contribution >= 4 is 5.82 Å². The molecule has 0 saturated carbocycles. The molecule has 1 aromatic rings. The fourth-order valence-corrected chi connectivity index (χ4v) is 1.22. The van der Waals surface area contributed by atoms with Crippen LogP contribution in [0.4, 0.5) is 5.82 Å². The standard InChI is InChI=1S/C10H11N3/c1-2-4-9(5-3-1)13-10-6-7-11-8-12-10/h2,4-8H,1,3H2,(H,11,12,13). The van der Waals surface area contributed by atoms with Crippen LogP contribution in [-0.4, -0.2) is 9.97 Å². The van der Waals surface area contributed by atoms with Gasteiger partial charge in [-0.05, 0) is 25.0 Å². The van der Waals surface area contributed by atoms with E-state index in [1.165, 1.54) is 6.33 Å². The fraction of sp³-hybridized carbons (Fsp3) is 0.200. The third-order valence-corrected chi connectivity index (χ3v) is 1.85. The van der Waals surface area contributed by atoms with Gasteiger partial charge < -0.3 is 5.32 Å². The molecular weight excluding hydrogens is 162 g/mol. The van der Waals surface area contributed by atoms with Gasteiger partial charge in [-0.1, -0.05) is 12.2 Å². The van der Waals surface area contributed by atoms with Crippen LogP contribution in [0.2, 0.25) is 0 Å². The second-order valence-electron chi connectivity index (χ2n) is 2.86. The molecule has 0 radical (unpaired) electrons. The van der Waals surface area contributed by atoms with E-state index in [2.05, 4.69) is 33.5 Å². The van der Waals surface area contributed by atoms with E-state index in [4.69, 9.17) is 0 Å². The molecular formula is C10H11N3. The molecule has 0 atom stereocenters. The quantitative estimate of drug-likeness (QED) is 0.744.